The van der Waals surface area contributed by atoms with E-state index < -0.39 is 5.91 Å². The number of nitriles is 1. The van der Waals surface area contributed by atoms with Gasteiger partial charge in [0.05, 0.1) is 12.1 Å². The van der Waals surface area contributed by atoms with Crippen molar-refractivity contribution in [2.24, 2.45) is 0 Å². The van der Waals surface area contributed by atoms with E-state index in [0.29, 0.717) is 5.69 Å². The van der Waals surface area contributed by atoms with E-state index in [9.17, 15) is 4.79 Å². The molecule has 0 atom stereocenters. The zero-order chi connectivity index (χ0) is 13.5. The van der Waals surface area contributed by atoms with Gasteiger partial charge in [0.15, 0.2) is 0 Å². The van der Waals surface area contributed by atoms with Crippen LogP contribution in [0.25, 0.3) is 0 Å². The lowest BCUT2D eigenvalue weighted by molar-refractivity contribution is -0.116. The molecule has 1 amide bonds. The number of benzene rings is 1. The van der Waals surface area contributed by atoms with Crippen LogP contribution in [0.1, 0.15) is 0 Å². The molecule has 0 unspecified atom stereocenters. The van der Waals surface area contributed by atoms with E-state index in [0.717, 1.165) is 5.75 Å². The predicted octanol–water partition coefficient (Wildman–Crippen LogP) is 1.52. The van der Waals surface area contributed by atoms with Crippen molar-refractivity contribution in [2.45, 2.75) is 0 Å². The van der Waals surface area contributed by atoms with Crippen LogP contribution in [0.15, 0.2) is 34.9 Å². The second-order valence-electron chi connectivity index (χ2n) is 3.27. The highest BCUT2D eigenvalue weighted by molar-refractivity contribution is 7.84. The van der Waals surface area contributed by atoms with Crippen molar-refractivity contribution in [3.05, 3.63) is 34.9 Å². The zero-order valence-corrected chi connectivity index (χ0v) is 10.9. The maximum atomic E-state index is 11.4. The molecule has 0 aromatic heterocycles. The first-order valence-electron chi connectivity index (χ1n) is 5.09. The first kappa shape index (κ1) is 13.9. The minimum atomic E-state index is -0.483. The quantitative estimate of drug-likeness (QED) is 0.437. The maximum absolute atomic E-state index is 11.4. The first-order chi connectivity index (χ1) is 8.62. The molecule has 0 fully saturated rings. The molecule has 0 bridgehead atoms. The number of methoxy groups -OCH3 is 1. The van der Waals surface area contributed by atoms with Crippen LogP contribution in [0, 0.1) is 11.3 Å². The van der Waals surface area contributed by atoms with Crippen LogP contribution in [0.4, 0.5) is 5.69 Å². The number of thiol groups is 1. The number of nitrogens with one attached hydrogen (secondary N) is 2. The summed E-state index contributed by atoms with van der Waals surface area (Å²) in [7, 11) is 3.03. The largest absolute Gasteiger partial charge is 0.497 e. The number of hydrogen-bond donors (Lipinski definition) is 3. The van der Waals surface area contributed by atoms with Crippen molar-refractivity contribution in [3.8, 4) is 11.8 Å². The van der Waals surface area contributed by atoms with Gasteiger partial charge in [0, 0.05) is 12.7 Å². The van der Waals surface area contributed by atoms with Crippen LogP contribution in [0.3, 0.4) is 0 Å². The second kappa shape index (κ2) is 6.57. The summed E-state index contributed by atoms with van der Waals surface area (Å²) in [6.07, 6.45) is 0. The Hall–Kier alpha value is -2.13. The zero-order valence-electron chi connectivity index (χ0n) is 10.0. The molecule has 0 saturated carbocycles. The third-order valence-corrected chi connectivity index (χ3v) is 2.49. The lowest BCUT2D eigenvalue weighted by Gasteiger charge is -2.08. The molecule has 1 aromatic rings. The fourth-order valence-electron chi connectivity index (χ4n) is 1.21. The molecule has 2 N–H and O–H groups in total. The molecule has 0 aliphatic rings. The summed E-state index contributed by atoms with van der Waals surface area (Å²) in [5, 5.41) is 14.3. The minimum Gasteiger partial charge on any atom is -0.497 e. The van der Waals surface area contributed by atoms with Gasteiger partial charge in [-0.05, 0) is 24.3 Å². The number of carbonyl (C=O) groups excluding carboxylic acids is 1. The van der Waals surface area contributed by atoms with Gasteiger partial charge >= 0.3 is 0 Å². The second-order valence-corrected chi connectivity index (χ2v) is 3.72. The number of carbonyl (C=O) groups is 1. The monoisotopic (exact) mass is 263 g/mol. The highest BCUT2D eigenvalue weighted by Gasteiger charge is 2.11. The van der Waals surface area contributed by atoms with Crippen LogP contribution in [-0.2, 0) is 4.79 Å². The van der Waals surface area contributed by atoms with E-state index >= 15 is 0 Å². The number of ether oxygens (including phenoxy) is 1. The number of likely N-dealkylation sites (N-methyl/N-ethyl adjacent to an activating group) is 1. The van der Waals surface area contributed by atoms with Gasteiger partial charge in [-0.15, -0.1) is 12.6 Å². The summed E-state index contributed by atoms with van der Waals surface area (Å²) in [5.41, 5.74) is 0.633. The van der Waals surface area contributed by atoms with Gasteiger partial charge in [0.2, 0.25) is 0 Å². The highest BCUT2D eigenvalue weighted by atomic mass is 32.1. The average molecular weight is 263 g/mol. The van der Waals surface area contributed by atoms with Gasteiger partial charge < -0.3 is 15.4 Å². The molecular formula is C12H13N3O2S. The maximum Gasteiger partial charge on any atom is 0.264 e. The van der Waals surface area contributed by atoms with E-state index in [-0.39, 0.29) is 10.6 Å². The Labute approximate surface area is 111 Å². The van der Waals surface area contributed by atoms with Crippen molar-refractivity contribution >= 4 is 24.2 Å². The standard InChI is InChI=1S/C12H13N3O2S/c1-14-11(16)10(7-13)12(18)15-8-3-5-9(17-2)6-4-8/h3-6,15,18H,1-2H3,(H,14,16)/b12-10-. The van der Waals surface area contributed by atoms with E-state index in [1.165, 1.54) is 7.05 Å². The van der Waals surface area contributed by atoms with Gasteiger partial charge in [0.25, 0.3) is 5.91 Å². The van der Waals surface area contributed by atoms with E-state index in [4.69, 9.17) is 10.00 Å². The molecule has 94 valence electrons. The van der Waals surface area contributed by atoms with Crippen molar-refractivity contribution in [1.29, 1.82) is 5.26 Å². The summed E-state index contributed by atoms with van der Waals surface area (Å²) in [6.45, 7) is 0. The Morgan fingerprint density at radius 2 is 2.00 bits per heavy atom. The summed E-state index contributed by atoms with van der Waals surface area (Å²) in [4.78, 5) is 11.4. The van der Waals surface area contributed by atoms with E-state index in [1.807, 2.05) is 0 Å². The topological polar surface area (TPSA) is 74.2 Å². The molecular weight excluding hydrogens is 250 g/mol. The molecule has 1 rings (SSSR count). The number of nitrogens with zero attached hydrogens (tertiary/aromatic N) is 1. The SMILES string of the molecule is CNC(=O)/C(C#N)=C(\S)Nc1ccc(OC)cc1. The van der Waals surface area contributed by atoms with Gasteiger partial charge in [-0.2, -0.15) is 5.26 Å². The molecule has 6 heteroatoms. The summed E-state index contributed by atoms with van der Waals surface area (Å²) < 4.78 is 5.02. The molecule has 0 aliphatic carbocycles. The van der Waals surface area contributed by atoms with Crippen molar-refractivity contribution in [3.63, 3.8) is 0 Å². The van der Waals surface area contributed by atoms with Crippen LogP contribution in [0.2, 0.25) is 0 Å². The van der Waals surface area contributed by atoms with Gasteiger partial charge in [-0.1, -0.05) is 0 Å². The number of hydrogen-bond acceptors (Lipinski definition) is 5. The number of amides is 1. The number of anilines is 1. The molecule has 5 nitrogen and oxygen atoms in total. The molecule has 1 aromatic carbocycles. The summed E-state index contributed by atoms with van der Waals surface area (Å²) in [5.74, 6) is 0.237. The third-order valence-electron chi connectivity index (χ3n) is 2.16. The highest BCUT2D eigenvalue weighted by Crippen LogP contribution is 2.19. The summed E-state index contributed by atoms with van der Waals surface area (Å²) >= 11 is 4.11. The third kappa shape index (κ3) is 3.43. The molecule has 0 aliphatic heterocycles. The van der Waals surface area contributed by atoms with E-state index in [2.05, 4.69) is 23.3 Å². The van der Waals surface area contributed by atoms with Crippen molar-refractivity contribution in [2.75, 3.05) is 19.5 Å². The Bertz CT molecular complexity index is 503. The Morgan fingerprint density at radius 1 is 1.39 bits per heavy atom. The fourth-order valence-corrected chi connectivity index (χ4v) is 1.49. The van der Waals surface area contributed by atoms with Crippen molar-refractivity contribution < 1.29 is 9.53 Å². The van der Waals surface area contributed by atoms with E-state index in [1.54, 1.807) is 37.4 Å². The molecule has 18 heavy (non-hydrogen) atoms. The average Bonchev–Trinajstić information content (AvgIpc) is 2.40. The normalized spacial score (nSPS) is 11.0. The Balaban J connectivity index is 2.91. The molecule has 0 heterocycles. The van der Waals surface area contributed by atoms with Crippen LogP contribution < -0.4 is 15.4 Å². The smallest absolute Gasteiger partial charge is 0.264 e. The molecule has 0 radical (unpaired) electrons. The fraction of sp³-hybridized carbons (Fsp3) is 0.167. The number of rotatable bonds is 4. The van der Waals surface area contributed by atoms with Crippen molar-refractivity contribution in [1.82, 2.24) is 5.32 Å². The predicted molar refractivity (Wildman–Crippen MR) is 72.3 cm³/mol. The summed E-state index contributed by atoms with van der Waals surface area (Å²) in [6, 6.07) is 8.83. The Kier molecular flexibility index (Phi) is 5.08. The van der Waals surface area contributed by atoms with Crippen LogP contribution in [-0.4, -0.2) is 20.1 Å². The Morgan fingerprint density at radius 3 is 2.44 bits per heavy atom. The van der Waals surface area contributed by atoms with Crippen LogP contribution >= 0.6 is 12.6 Å². The minimum absolute atomic E-state index is 0.0725. The van der Waals surface area contributed by atoms with Gasteiger partial charge in [-0.3, -0.25) is 4.79 Å². The van der Waals surface area contributed by atoms with Gasteiger partial charge in [0.1, 0.15) is 17.4 Å². The van der Waals surface area contributed by atoms with Crippen LogP contribution in [0.5, 0.6) is 5.75 Å². The molecule has 0 spiro atoms. The van der Waals surface area contributed by atoms with Gasteiger partial charge in [-0.25, -0.2) is 0 Å². The lowest BCUT2D eigenvalue weighted by atomic mass is 10.2. The molecule has 0 saturated heterocycles. The first-order valence-corrected chi connectivity index (χ1v) is 5.53. The lowest BCUT2D eigenvalue weighted by Crippen LogP contribution is -2.21.